The molecular weight excluding hydrogens is 326 g/mol. The number of guanidine groups is 1. The van der Waals surface area contributed by atoms with Crippen molar-refractivity contribution in [3.63, 3.8) is 0 Å². The average molecular weight is 357 g/mol. The quantitative estimate of drug-likeness (QED) is 0.628. The molecule has 1 aliphatic heterocycles. The molecule has 2 aliphatic carbocycles. The number of aryl methyl sites for hydroxylation is 1. The van der Waals surface area contributed by atoms with Gasteiger partial charge in [0.2, 0.25) is 0 Å². The van der Waals surface area contributed by atoms with E-state index in [4.69, 9.17) is 9.47 Å². The summed E-state index contributed by atoms with van der Waals surface area (Å²) < 4.78 is 12.1. The molecule has 26 heavy (non-hydrogen) atoms. The van der Waals surface area contributed by atoms with Crippen LogP contribution in [0.4, 0.5) is 0 Å². The summed E-state index contributed by atoms with van der Waals surface area (Å²) in [6.07, 6.45) is 5.63. The Balaban J connectivity index is 1.30. The highest BCUT2D eigenvalue weighted by Crippen LogP contribution is 2.62. The van der Waals surface area contributed by atoms with Crippen LogP contribution in [0.1, 0.15) is 38.2 Å². The first kappa shape index (κ1) is 17.7. The minimum atomic E-state index is 0.0660. The molecule has 4 unspecified atom stereocenters. The summed E-state index contributed by atoms with van der Waals surface area (Å²) in [5.74, 6) is 2.48. The van der Waals surface area contributed by atoms with Crippen LogP contribution in [0.15, 0.2) is 29.3 Å². The fourth-order valence-corrected chi connectivity index (χ4v) is 4.99. The molecule has 2 N–H and O–H groups in total. The topological polar surface area (TPSA) is 54.9 Å². The first-order valence-electron chi connectivity index (χ1n) is 9.95. The molecule has 2 saturated carbocycles. The molecule has 0 radical (unpaired) electrons. The van der Waals surface area contributed by atoms with Crippen LogP contribution in [0, 0.1) is 18.3 Å². The largest absolute Gasteiger partial charge is 0.489 e. The second-order valence-electron chi connectivity index (χ2n) is 8.10. The molecule has 142 valence electrons. The lowest BCUT2D eigenvalue weighted by Gasteiger charge is -2.63. The summed E-state index contributed by atoms with van der Waals surface area (Å²) in [7, 11) is 1.84. The zero-order valence-corrected chi connectivity index (χ0v) is 16.1. The highest BCUT2D eigenvalue weighted by molar-refractivity contribution is 5.80. The summed E-state index contributed by atoms with van der Waals surface area (Å²) >= 11 is 0. The van der Waals surface area contributed by atoms with Gasteiger partial charge in [-0.1, -0.05) is 24.6 Å². The zero-order chi connectivity index (χ0) is 18.1. The fourth-order valence-electron chi connectivity index (χ4n) is 4.99. The predicted octanol–water partition coefficient (Wildman–Crippen LogP) is 2.88. The van der Waals surface area contributed by atoms with Gasteiger partial charge in [0.05, 0.1) is 12.6 Å². The smallest absolute Gasteiger partial charge is 0.191 e. The second kappa shape index (κ2) is 7.10. The van der Waals surface area contributed by atoms with Crippen LogP contribution in [0.25, 0.3) is 0 Å². The van der Waals surface area contributed by atoms with Crippen molar-refractivity contribution in [2.24, 2.45) is 16.3 Å². The Morgan fingerprint density at radius 2 is 2.19 bits per heavy atom. The Morgan fingerprint density at radius 1 is 1.38 bits per heavy atom. The maximum atomic E-state index is 6.06. The third kappa shape index (κ3) is 2.96. The maximum absolute atomic E-state index is 6.06. The molecular formula is C21H31N3O2. The third-order valence-corrected chi connectivity index (χ3v) is 6.53. The van der Waals surface area contributed by atoms with E-state index in [1.54, 1.807) is 0 Å². The van der Waals surface area contributed by atoms with Crippen LogP contribution in [0.2, 0.25) is 0 Å². The number of benzene rings is 1. The molecule has 1 aromatic rings. The van der Waals surface area contributed by atoms with E-state index in [1.807, 2.05) is 25.2 Å². The highest BCUT2D eigenvalue weighted by Gasteiger charge is 2.66. The lowest BCUT2D eigenvalue weighted by molar-refractivity contribution is -0.171. The number of para-hydroxylation sites is 1. The van der Waals surface area contributed by atoms with Crippen molar-refractivity contribution in [3.05, 3.63) is 29.8 Å². The number of hydrogen-bond acceptors (Lipinski definition) is 3. The van der Waals surface area contributed by atoms with Gasteiger partial charge in [-0.15, -0.1) is 0 Å². The molecule has 4 rings (SSSR count). The molecule has 5 nitrogen and oxygen atoms in total. The van der Waals surface area contributed by atoms with Crippen molar-refractivity contribution >= 4 is 5.96 Å². The van der Waals surface area contributed by atoms with Crippen LogP contribution >= 0.6 is 0 Å². The fraction of sp³-hybridized carbons (Fsp3) is 0.667. The monoisotopic (exact) mass is 357 g/mol. The molecule has 5 heteroatoms. The number of nitrogens with zero attached hydrogens (tertiary/aromatic N) is 1. The number of aliphatic imine (C=N–C) groups is 1. The summed E-state index contributed by atoms with van der Waals surface area (Å²) in [6, 6.07) is 8.64. The van der Waals surface area contributed by atoms with Crippen molar-refractivity contribution in [1.29, 1.82) is 0 Å². The van der Waals surface area contributed by atoms with Gasteiger partial charge in [-0.2, -0.15) is 0 Å². The number of hydrogen-bond donors (Lipinski definition) is 2. The normalized spacial score (nSPS) is 30.1. The van der Waals surface area contributed by atoms with E-state index in [0.29, 0.717) is 23.5 Å². The lowest BCUT2D eigenvalue weighted by Crippen LogP contribution is -2.72. The van der Waals surface area contributed by atoms with Gasteiger partial charge in [-0.05, 0) is 44.7 Å². The van der Waals surface area contributed by atoms with Gasteiger partial charge >= 0.3 is 0 Å². The Hall–Kier alpha value is -1.75. The van der Waals surface area contributed by atoms with Gasteiger partial charge in [0.15, 0.2) is 5.96 Å². The minimum Gasteiger partial charge on any atom is -0.489 e. The van der Waals surface area contributed by atoms with E-state index in [2.05, 4.69) is 35.5 Å². The van der Waals surface area contributed by atoms with Gasteiger partial charge in [-0.3, -0.25) is 4.99 Å². The van der Waals surface area contributed by atoms with Crippen molar-refractivity contribution in [3.8, 4) is 5.75 Å². The summed E-state index contributed by atoms with van der Waals surface area (Å²) in [4.78, 5) is 4.44. The number of rotatable bonds is 5. The zero-order valence-electron chi connectivity index (χ0n) is 16.1. The molecule has 3 aliphatic rings. The van der Waals surface area contributed by atoms with E-state index in [-0.39, 0.29) is 6.10 Å². The summed E-state index contributed by atoms with van der Waals surface area (Å²) in [5, 5.41) is 7.15. The van der Waals surface area contributed by atoms with E-state index < -0.39 is 0 Å². The van der Waals surface area contributed by atoms with E-state index in [0.717, 1.165) is 30.4 Å². The van der Waals surface area contributed by atoms with Crippen molar-refractivity contribution in [1.82, 2.24) is 10.6 Å². The first-order chi connectivity index (χ1) is 12.6. The Bertz CT molecular complexity index is 671. The molecule has 0 aromatic heterocycles. The Morgan fingerprint density at radius 3 is 2.88 bits per heavy atom. The van der Waals surface area contributed by atoms with Crippen LogP contribution in [0.3, 0.4) is 0 Å². The second-order valence-corrected chi connectivity index (χ2v) is 8.10. The van der Waals surface area contributed by atoms with E-state index in [1.165, 1.54) is 25.7 Å². The van der Waals surface area contributed by atoms with Gasteiger partial charge in [0.1, 0.15) is 11.9 Å². The number of ether oxygens (including phenoxy) is 2. The number of nitrogens with one attached hydrogen (secondary N) is 2. The van der Waals surface area contributed by atoms with Crippen molar-refractivity contribution in [2.75, 3.05) is 20.2 Å². The summed E-state index contributed by atoms with van der Waals surface area (Å²) in [5.41, 5.74) is 1.53. The molecule has 4 atom stereocenters. The predicted molar refractivity (Wildman–Crippen MR) is 104 cm³/mol. The van der Waals surface area contributed by atoms with Gasteiger partial charge in [0.25, 0.3) is 0 Å². The molecule has 1 spiro atoms. The Kier molecular flexibility index (Phi) is 4.82. The van der Waals surface area contributed by atoms with Crippen LogP contribution < -0.4 is 15.4 Å². The molecule has 1 heterocycles. The molecule has 1 saturated heterocycles. The standard InChI is InChI=1S/C21H31N3O2/c1-14-7-4-5-8-17(14)26-15(2)13-23-20(22-3)24-18-16-9-12-25-19(16)21(18)10-6-11-21/h4-5,7-8,15-16,18-19H,6,9-13H2,1-3H3,(H2,22,23,24). The average Bonchev–Trinajstić information content (AvgIpc) is 3.01. The minimum absolute atomic E-state index is 0.0660. The van der Waals surface area contributed by atoms with Crippen LogP contribution in [0.5, 0.6) is 5.75 Å². The SMILES string of the molecule is CN=C(NCC(C)Oc1ccccc1C)NC1C2CCOC2C12CCC2. The molecule has 0 amide bonds. The van der Waals surface area contributed by atoms with Gasteiger partial charge in [-0.25, -0.2) is 0 Å². The van der Waals surface area contributed by atoms with E-state index in [9.17, 15) is 0 Å². The van der Waals surface area contributed by atoms with Crippen molar-refractivity contribution < 1.29 is 9.47 Å². The summed E-state index contributed by atoms with van der Waals surface area (Å²) in [6.45, 7) is 5.80. The number of fused-ring (bicyclic) bond motifs is 2. The van der Waals surface area contributed by atoms with Crippen LogP contribution in [-0.4, -0.2) is 44.4 Å². The third-order valence-electron chi connectivity index (χ3n) is 6.53. The molecule has 1 aromatic carbocycles. The lowest BCUT2D eigenvalue weighted by atomic mass is 9.46. The van der Waals surface area contributed by atoms with Crippen molar-refractivity contribution in [2.45, 2.75) is 57.8 Å². The maximum Gasteiger partial charge on any atom is 0.191 e. The van der Waals surface area contributed by atoms with Gasteiger partial charge in [0, 0.05) is 31.0 Å². The van der Waals surface area contributed by atoms with Crippen LogP contribution in [-0.2, 0) is 4.74 Å². The van der Waals surface area contributed by atoms with E-state index >= 15 is 0 Å². The molecule has 0 bridgehead atoms. The first-order valence-corrected chi connectivity index (χ1v) is 9.95. The van der Waals surface area contributed by atoms with Gasteiger partial charge < -0.3 is 20.1 Å². The molecule has 3 fully saturated rings. The highest BCUT2D eigenvalue weighted by atomic mass is 16.5. The Labute approximate surface area is 156 Å².